The topological polar surface area (TPSA) is 49.8 Å². The maximum atomic E-state index is 5.39. The van der Waals surface area contributed by atoms with Gasteiger partial charge in [0.2, 0.25) is 18.6 Å². The molecule has 2 heterocycles. The molecular weight excluding hydrogens is 270 g/mol. The monoisotopic (exact) mass is 285 g/mol. The molecule has 0 N–H and O–H groups in total. The molecular formula is C16H15NO4. The Morgan fingerprint density at radius 2 is 1.67 bits per heavy atom. The summed E-state index contributed by atoms with van der Waals surface area (Å²) in [5.74, 6) is 2.43. The Labute approximate surface area is 122 Å². The maximum absolute atomic E-state index is 5.39. The number of rotatable bonds is 4. The van der Waals surface area contributed by atoms with Gasteiger partial charge >= 0.3 is 0 Å². The van der Waals surface area contributed by atoms with Crippen molar-refractivity contribution in [2.45, 2.75) is 0 Å². The summed E-state index contributed by atoms with van der Waals surface area (Å²) in [6, 6.07) is 9.35. The largest absolute Gasteiger partial charge is 0.481 e. The molecule has 1 aliphatic rings. The first kappa shape index (κ1) is 13.3. The highest BCUT2D eigenvalue weighted by Crippen LogP contribution is 2.36. The molecule has 0 saturated heterocycles. The van der Waals surface area contributed by atoms with Crippen molar-refractivity contribution in [3.8, 4) is 23.3 Å². The minimum Gasteiger partial charge on any atom is -0.481 e. The van der Waals surface area contributed by atoms with E-state index in [-0.39, 0.29) is 6.79 Å². The molecule has 0 aliphatic carbocycles. The van der Waals surface area contributed by atoms with E-state index in [2.05, 4.69) is 11.6 Å². The van der Waals surface area contributed by atoms with Crippen molar-refractivity contribution in [2.75, 3.05) is 21.0 Å². The van der Waals surface area contributed by atoms with Crippen LogP contribution in [0.25, 0.3) is 5.57 Å². The molecule has 0 saturated carbocycles. The lowest BCUT2D eigenvalue weighted by Gasteiger charge is -2.10. The zero-order valence-corrected chi connectivity index (χ0v) is 11.9. The van der Waals surface area contributed by atoms with Crippen LogP contribution in [0.1, 0.15) is 11.1 Å². The van der Waals surface area contributed by atoms with Gasteiger partial charge in [-0.3, -0.25) is 0 Å². The van der Waals surface area contributed by atoms with Crippen molar-refractivity contribution >= 4 is 5.57 Å². The summed E-state index contributed by atoms with van der Waals surface area (Å²) in [6.07, 6.45) is 0. The zero-order chi connectivity index (χ0) is 14.8. The van der Waals surface area contributed by atoms with Gasteiger partial charge < -0.3 is 18.9 Å². The molecule has 0 spiro atoms. The van der Waals surface area contributed by atoms with Gasteiger partial charge in [0.1, 0.15) is 0 Å². The number of methoxy groups -OCH3 is 2. The van der Waals surface area contributed by atoms with Crippen LogP contribution in [0.3, 0.4) is 0 Å². The first-order chi connectivity index (χ1) is 10.2. The van der Waals surface area contributed by atoms with Crippen molar-refractivity contribution in [2.24, 2.45) is 0 Å². The van der Waals surface area contributed by atoms with Crippen molar-refractivity contribution in [3.63, 3.8) is 0 Å². The van der Waals surface area contributed by atoms with Gasteiger partial charge in [0.15, 0.2) is 11.5 Å². The Bertz CT molecular complexity index is 674. The average molecular weight is 285 g/mol. The Balaban J connectivity index is 1.98. The lowest BCUT2D eigenvalue weighted by molar-refractivity contribution is 0.174. The molecule has 108 valence electrons. The Morgan fingerprint density at radius 3 is 2.33 bits per heavy atom. The quantitative estimate of drug-likeness (QED) is 0.864. The summed E-state index contributed by atoms with van der Waals surface area (Å²) in [5.41, 5.74) is 2.64. The van der Waals surface area contributed by atoms with Crippen LogP contribution in [0.5, 0.6) is 23.3 Å². The van der Waals surface area contributed by atoms with Crippen LogP contribution < -0.4 is 18.9 Å². The van der Waals surface area contributed by atoms with Crippen molar-refractivity contribution in [1.82, 2.24) is 4.98 Å². The molecule has 0 atom stereocenters. The summed E-state index contributed by atoms with van der Waals surface area (Å²) in [4.78, 5) is 4.17. The number of pyridine rings is 1. The van der Waals surface area contributed by atoms with Gasteiger partial charge in [-0.05, 0) is 28.8 Å². The van der Waals surface area contributed by atoms with Crippen LogP contribution in [-0.4, -0.2) is 26.0 Å². The zero-order valence-electron chi connectivity index (χ0n) is 11.9. The van der Waals surface area contributed by atoms with E-state index in [0.717, 1.165) is 28.2 Å². The van der Waals surface area contributed by atoms with Crippen molar-refractivity contribution in [3.05, 3.63) is 48.0 Å². The van der Waals surface area contributed by atoms with Crippen LogP contribution in [-0.2, 0) is 0 Å². The average Bonchev–Trinajstić information content (AvgIpc) is 3.01. The van der Waals surface area contributed by atoms with Gasteiger partial charge in [-0.2, -0.15) is 4.98 Å². The highest BCUT2D eigenvalue weighted by molar-refractivity contribution is 5.80. The van der Waals surface area contributed by atoms with Crippen molar-refractivity contribution < 1.29 is 18.9 Å². The first-order valence-corrected chi connectivity index (χ1v) is 6.40. The molecule has 0 fully saturated rings. The molecule has 1 aromatic carbocycles. The normalized spacial score (nSPS) is 12.1. The van der Waals surface area contributed by atoms with E-state index in [9.17, 15) is 0 Å². The minimum absolute atomic E-state index is 0.252. The molecule has 0 unspecified atom stereocenters. The van der Waals surface area contributed by atoms with Crippen LogP contribution in [0, 0.1) is 0 Å². The second kappa shape index (κ2) is 5.36. The minimum atomic E-state index is 0.252. The third-order valence-corrected chi connectivity index (χ3v) is 3.27. The molecule has 0 bridgehead atoms. The third kappa shape index (κ3) is 2.50. The fraction of sp³-hybridized carbons (Fsp3) is 0.188. The van der Waals surface area contributed by atoms with Crippen LogP contribution >= 0.6 is 0 Å². The molecule has 0 radical (unpaired) electrons. The highest BCUT2D eigenvalue weighted by Gasteiger charge is 2.15. The summed E-state index contributed by atoms with van der Waals surface area (Å²) >= 11 is 0. The third-order valence-electron chi connectivity index (χ3n) is 3.27. The predicted octanol–water partition coefficient (Wildman–Crippen LogP) is 2.89. The number of fused-ring (bicyclic) bond motifs is 1. The second-order valence-electron chi connectivity index (χ2n) is 4.49. The predicted molar refractivity (Wildman–Crippen MR) is 78.0 cm³/mol. The van der Waals surface area contributed by atoms with E-state index in [0.29, 0.717) is 11.8 Å². The van der Waals surface area contributed by atoms with Gasteiger partial charge in [-0.15, -0.1) is 0 Å². The van der Waals surface area contributed by atoms with Crippen LogP contribution in [0.2, 0.25) is 0 Å². The van der Waals surface area contributed by atoms with E-state index in [1.165, 1.54) is 0 Å². The number of hydrogen-bond donors (Lipinski definition) is 0. The Morgan fingerprint density at radius 1 is 1.00 bits per heavy atom. The van der Waals surface area contributed by atoms with E-state index >= 15 is 0 Å². The second-order valence-corrected chi connectivity index (χ2v) is 4.49. The number of hydrogen-bond acceptors (Lipinski definition) is 5. The molecule has 21 heavy (non-hydrogen) atoms. The summed E-state index contributed by atoms with van der Waals surface area (Å²) in [6.45, 7) is 4.39. The van der Waals surface area contributed by atoms with Gasteiger partial charge in [-0.1, -0.05) is 12.6 Å². The molecule has 0 amide bonds. The van der Waals surface area contributed by atoms with Gasteiger partial charge in [-0.25, -0.2) is 0 Å². The van der Waals surface area contributed by atoms with Gasteiger partial charge in [0, 0.05) is 12.1 Å². The van der Waals surface area contributed by atoms with E-state index in [1.807, 2.05) is 30.3 Å². The highest BCUT2D eigenvalue weighted by atomic mass is 16.7. The molecule has 1 aliphatic heterocycles. The molecule has 3 rings (SSSR count). The van der Waals surface area contributed by atoms with Crippen LogP contribution in [0.15, 0.2) is 36.9 Å². The fourth-order valence-electron chi connectivity index (χ4n) is 2.12. The Hall–Kier alpha value is -2.69. The molecule has 5 heteroatoms. The molecule has 1 aromatic heterocycles. The summed E-state index contributed by atoms with van der Waals surface area (Å²) in [5, 5.41) is 0. The summed E-state index contributed by atoms with van der Waals surface area (Å²) < 4.78 is 21.1. The smallest absolute Gasteiger partial charge is 0.231 e. The molecule has 5 nitrogen and oxygen atoms in total. The van der Waals surface area contributed by atoms with Crippen LogP contribution in [0.4, 0.5) is 0 Å². The van der Waals surface area contributed by atoms with E-state index < -0.39 is 0 Å². The van der Waals surface area contributed by atoms with E-state index in [1.54, 1.807) is 14.2 Å². The number of nitrogens with zero attached hydrogens (tertiary/aromatic N) is 1. The SMILES string of the molecule is C=C(c1cc(OC)nc(OC)c1)c1ccc2c(c1)OCO2. The number of aromatic nitrogens is 1. The lowest BCUT2D eigenvalue weighted by Crippen LogP contribution is -1.95. The lowest BCUT2D eigenvalue weighted by atomic mass is 10.00. The van der Waals surface area contributed by atoms with Crippen molar-refractivity contribution in [1.29, 1.82) is 0 Å². The maximum Gasteiger partial charge on any atom is 0.231 e. The Kier molecular flexibility index (Phi) is 3.39. The number of ether oxygens (including phenoxy) is 4. The standard InChI is InChI=1S/C16H15NO4/c1-10(11-4-5-13-14(6-11)21-9-20-13)12-7-15(18-2)17-16(8-12)19-3/h4-8H,1,9H2,2-3H3. The first-order valence-electron chi connectivity index (χ1n) is 6.40. The van der Waals surface area contributed by atoms with Gasteiger partial charge in [0.25, 0.3) is 0 Å². The fourth-order valence-corrected chi connectivity index (χ4v) is 2.12. The van der Waals surface area contributed by atoms with Gasteiger partial charge in [0.05, 0.1) is 14.2 Å². The number of benzene rings is 1. The molecule has 2 aromatic rings. The summed E-state index contributed by atoms with van der Waals surface area (Å²) in [7, 11) is 3.13. The van der Waals surface area contributed by atoms with E-state index in [4.69, 9.17) is 18.9 Å².